The fraction of sp³-hybridized carbons (Fsp3) is 0.391. The van der Waals surface area contributed by atoms with E-state index < -0.39 is 11.9 Å². The first-order valence-electron chi connectivity index (χ1n) is 10.4. The Kier molecular flexibility index (Phi) is 5.99. The molecule has 1 saturated heterocycles. The number of fused-ring (bicyclic) bond motifs is 1. The van der Waals surface area contributed by atoms with Gasteiger partial charge in [0.15, 0.2) is 18.1 Å². The molecule has 0 spiro atoms. The molecule has 2 aromatic heterocycles. The van der Waals surface area contributed by atoms with Gasteiger partial charge in [-0.3, -0.25) is 4.79 Å². The number of piperidine rings is 1. The predicted octanol–water partition coefficient (Wildman–Crippen LogP) is 4.68. The van der Waals surface area contributed by atoms with E-state index in [9.17, 15) is 18.0 Å². The van der Waals surface area contributed by atoms with Crippen molar-refractivity contribution in [2.75, 3.05) is 26.8 Å². The lowest BCUT2D eigenvalue weighted by Gasteiger charge is -2.31. The number of rotatable bonds is 5. The number of alkyl halides is 3. The predicted molar refractivity (Wildman–Crippen MR) is 113 cm³/mol. The molecule has 0 unspecified atom stereocenters. The molecule has 1 fully saturated rings. The van der Waals surface area contributed by atoms with Crippen LogP contribution in [-0.4, -0.2) is 47.6 Å². The minimum Gasteiger partial charge on any atom is -0.493 e. The molecule has 0 radical (unpaired) electrons. The standard InChI is InChI=1S/C23H24F3N3O3/c1-14-3-5-19(20(11-14)31-2)32-13-22(30)29-9-7-15(8-10-29)17-12-18-16(27-17)4-6-21(28-18)23(24,25)26/h3-6,11-12,15,27H,7-10,13H2,1-2H3. The van der Waals surface area contributed by atoms with E-state index in [1.165, 1.54) is 6.07 Å². The Morgan fingerprint density at radius 2 is 1.91 bits per heavy atom. The third-order valence-electron chi connectivity index (χ3n) is 5.74. The van der Waals surface area contributed by atoms with E-state index in [1.54, 1.807) is 24.1 Å². The molecule has 170 valence electrons. The summed E-state index contributed by atoms with van der Waals surface area (Å²) in [5, 5.41) is 0. The number of pyridine rings is 1. The van der Waals surface area contributed by atoms with Crippen molar-refractivity contribution < 1.29 is 27.4 Å². The molecule has 4 rings (SSSR count). The van der Waals surface area contributed by atoms with Gasteiger partial charge in [0.1, 0.15) is 5.69 Å². The maximum Gasteiger partial charge on any atom is 0.433 e. The minimum atomic E-state index is -4.47. The number of H-pyrrole nitrogens is 1. The molecule has 3 aromatic rings. The van der Waals surface area contributed by atoms with E-state index in [2.05, 4.69) is 9.97 Å². The number of hydrogen-bond donors (Lipinski definition) is 1. The van der Waals surface area contributed by atoms with Crippen LogP contribution in [0.5, 0.6) is 11.5 Å². The second kappa shape index (κ2) is 8.72. The highest BCUT2D eigenvalue weighted by Crippen LogP contribution is 2.33. The summed E-state index contributed by atoms with van der Waals surface area (Å²) in [6.07, 6.45) is -3.06. The summed E-state index contributed by atoms with van der Waals surface area (Å²) in [4.78, 5) is 21.2. The fourth-order valence-electron chi connectivity index (χ4n) is 3.97. The Morgan fingerprint density at radius 1 is 1.16 bits per heavy atom. The summed E-state index contributed by atoms with van der Waals surface area (Å²) in [6, 6.07) is 9.58. The Labute approximate surface area is 183 Å². The second-order valence-corrected chi connectivity index (χ2v) is 7.95. The van der Waals surface area contributed by atoms with Gasteiger partial charge < -0.3 is 19.4 Å². The first kappa shape index (κ1) is 22.0. The lowest BCUT2D eigenvalue weighted by Crippen LogP contribution is -2.40. The van der Waals surface area contributed by atoms with E-state index in [4.69, 9.17) is 9.47 Å². The van der Waals surface area contributed by atoms with Gasteiger partial charge in [-0.2, -0.15) is 13.2 Å². The van der Waals surface area contributed by atoms with Crippen molar-refractivity contribution in [2.45, 2.75) is 31.9 Å². The molecule has 0 saturated carbocycles. The molecule has 1 aromatic carbocycles. The van der Waals surface area contributed by atoms with Crippen LogP contribution in [0, 0.1) is 6.92 Å². The lowest BCUT2D eigenvalue weighted by molar-refractivity contribution is -0.141. The number of nitrogens with zero attached hydrogens (tertiary/aromatic N) is 2. The molecule has 0 bridgehead atoms. The van der Waals surface area contributed by atoms with E-state index >= 15 is 0 Å². The van der Waals surface area contributed by atoms with Gasteiger partial charge in [0.05, 0.1) is 18.1 Å². The Morgan fingerprint density at radius 3 is 2.59 bits per heavy atom. The van der Waals surface area contributed by atoms with Gasteiger partial charge in [0.2, 0.25) is 0 Å². The summed E-state index contributed by atoms with van der Waals surface area (Å²) in [5.74, 6) is 1.11. The van der Waals surface area contributed by atoms with Crippen LogP contribution in [0.1, 0.15) is 35.7 Å². The SMILES string of the molecule is COc1cc(C)ccc1OCC(=O)N1CCC(c2cc3nc(C(F)(F)F)ccc3[nH]2)CC1. The average Bonchev–Trinajstić information content (AvgIpc) is 3.21. The van der Waals surface area contributed by atoms with Crippen LogP contribution in [-0.2, 0) is 11.0 Å². The third kappa shape index (κ3) is 4.66. The summed E-state index contributed by atoms with van der Waals surface area (Å²) >= 11 is 0. The van der Waals surface area contributed by atoms with Crippen LogP contribution in [0.2, 0.25) is 0 Å². The number of aromatic nitrogens is 2. The van der Waals surface area contributed by atoms with Gasteiger partial charge >= 0.3 is 6.18 Å². The van der Waals surface area contributed by atoms with Gasteiger partial charge in [-0.1, -0.05) is 6.07 Å². The zero-order valence-corrected chi connectivity index (χ0v) is 17.8. The molecule has 0 atom stereocenters. The Hall–Kier alpha value is -3.23. The van der Waals surface area contributed by atoms with Crippen molar-refractivity contribution >= 4 is 16.9 Å². The average molecular weight is 447 g/mol. The van der Waals surface area contributed by atoms with Gasteiger partial charge in [0, 0.05) is 24.7 Å². The number of carbonyl (C=O) groups is 1. The smallest absolute Gasteiger partial charge is 0.433 e. The third-order valence-corrected chi connectivity index (χ3v) is 5.74. The topological polar surface area (TPSA) is 67.5 Å². The maximum atomic E-state index is 12.9. The number of halogens is 3. The van der Waals surface area contributed by atoms with Crippen LogP contribution in [0.15, 0.2) is 36.4 Å². The van der Waals surface area contributed by atoms with Crippen LogP contribution in [0.25, 0.3) is 11.0 Å². The quantitative estimate of drug-likeness (QED) is 0.617. The summed E-state index contributed by atoms with van der Waals surface area (Å²) in [5.41, 5.74) is 1.85. The number of benzene rings is 1. The normalized spacial score (nSPS) is 15.2. The van der Waals surface area contributed by atoms with Crippen LogP contribution in [0.3, 0.4) is 0 Å². The number of methoxy groups -OCH3 is 1. The van der Waals surface area contributed by atoms with Crippen molar-refractivity contribution in [1.82, 2.24) is 14.9 Å². The van der Waals surface area contributed by atoms with Gasteiger partial charge in [-0.05, 0) is 55.7 Å². The highest BCUT2D eigenvalue weighted by molar-refractivity contribution is 5.78. The van der Waals surface area contributed by atoms with Gasteiger partial charge in [-0.15, -0.1) is 0 Å². The van der Waals surface area contributed by atoms with E-state index in [0.717, 1.165) is 17.3 Å². The Balaban J connectivity index is 1.35. The highest BCUT2D eigenvalue weighted by Gasteiger charge is 2.33. The second-order valence-electron chi connectivity index (χ2n) is 7.95. The number of amides is 1. The molecule has 9 heteroatoms. The molecule has 6 nitrogen and oxygen atoms in total. The van der Waals surface area contributed by atoms with E-state index in [0.29, 0.717) is 48.5 Å². The molecule has 32 heavy (non-hydrogen) atoms. The molecule has 1 aliphatic heterocycles. The minimum absolute atomic E-state index is 0.0827. The summed E-state index contributed by atoms with van der Waals surface area (Å²) in [7, 11) is 1.55. The van der Waals surface area contributed by atoms with Crippen molar-refractivity contribution in [3.63, 3.8) is 0 Å². The number of aromatic amines is 1. The molecular weight excluding hydrogens is 423 g/mol. The van der Waals surface area contributed by atoms with Gasteiger partial charge in [-0.25, -0.2) is 4.98 Å². The summed E-state index contributed by atoms with van der Waals surface area (Å²) < 4.78 is 49.7. The maximum absolute atomic E-state index is 12.9. The van der Waals surface area contributed by atoms with Crippen LogP contribution < -0.4 is 9.47 Å². The lowest BCUT2D eigenvalue weighted by atomic mass is 9.93. The number of hydrogen-bond acceptors (Lipinski definition) is 4. The van der Waals surface area contributed by atoms with Crippen molar-refractivity contribution in [2.24, 2.45) is 0 Å². The largest absolute Gasteiger partial charge is 0.493 e. The monoisotopic (exact) mass is 447 g/mol. The first-order valence-corrected chi connectivity index (χ1v) is 10.4. The van der Waals surface area contributed by atoms with Crippen molar-refractivity contribution in [3.05, 3.63) is 53.3 Å². The number of likely N-dealkylation sites (tertiary alicyclic amines) is 1. The molecular formula is C23H24F3N3O3. The first-order chi connectivity index (χ1) is 15.2. The zero-order chi connectivity index (χ0) is 22.9. The van der Waals surface area contributed by atoms with Crippen LogP contribution >= 0.6 is 0 Å². The Bertz CT molecular complexity index is 1120. The van der Waals surface area contributed by atoms with Crippen molar-refractivity contribution in [1.29, 1.82) is 0 Å². The molecule has 1 aliphatic rings. The molecule has 3 heterocycles. The molecule has 1 N–H and O–H groups in total. The summed E-state index contributed by atoms with van der Waals surface area (Å²) in [6.45, 7) is 2.96. The van der Waals surface area contributed by atoms with E-state index in [-0.39, 0.29) is 18.4 Å². The van der Waals surface area contributed by atoms with Gasteiger partial charge in [0.25, 0.3) is 5.91 Å². The van der Waals surface area contributed by atoms with Crippen LogP contribution in [0.4, 0.5) is 13.2 Å². The zero-order valence-electron chi connectivity index (χ0n) is 17.8. The number of nitrogens with one attached hydrogen (secondary N) is 1. The van der Waals surface area contributed by atoms with Crippen molar-refractivity contribution in [3.8, 4) is 11.5 Å². The highest BCUT2D eigenvalue weighted by atomic mass is 19.4. The fourth-order valence-corrected chi connectivity index (χ4v) is 3.97. The molecule has 0 aliphatic carbocycles. The number of aryl methyl sites for hydroxylation is 1. The van der Waals surface area contributed by atoms with E-state index in [1.807, 2.05) is 19.1 Å². The number of ether oxygens (including phenoxy) is 2. The molecule has 1 amide bonds. The number of carbonyl (C=O) groups excluding carboxylic acids is 1.